The first kappa shape index (κ1) is 21.5. The number of allylic oxidation sites excluding steroid dienone is 1. The van der Waals surface area contributed by atoms with E-state index in [4.69, 9.17) is 0 Å². The van der Waals surface area contributed by atoms with Crippen molar-refractivity contribution in [2.45, 2.75) is 77.6 Å². The minimum absolute atomic E-state index is 0.00281. The number of aliphatic hydroxyl groups excluding tert-OH is 1. The molecule has 0 bridgehead atoms. The second kappa shape index (κ2) is 8.95. The van der Waals surface area contributed by atoms with Crippen LogP contribution in [0.3, 0.4) is 0 Å². The van der Waals surface area contributed by atoms with Crippen molar-refractivity contribution in [1.82, 2.24) is 15.0 Å². The number of hydrogen-bond acceptors (Lipinski definition) is 5. The minimum atomic E-state index is -4.28. The van der Waals surface area contributed by atoms with Crippen LogP contribution in [-0.2, 0) is 6.42 Å². The lowest BCUT2D eigenvalue weighted by Gasteiger charge is -2.20. The Bertz CT molecular complexity index is 678. The van der Waals surface area contributed by atoms with Gasteiger partial charge in [-0.3, -0.25) is 0 Å². The van der Waals surface area contributed by atoms with Gasteiger partial charge in [0.15, 0.2) is 5.82 Å². The van der Waals surface area contributed by atoms with Gasteiger partial charge in [0, 0.05) is 18.0 Å². The Kier molecular flexibility index (Phi) is 7.13. The van der Waals surface area contributed by atoms with Crippen molar-refractivity contribution in [3.8, 4) is 0 Å². The number of aliphatic hydroxyl groups is 1. The van der Waals surface area contributed by atoms with Crippen LogP contribution in [0.2, 0.25) is 0 Å². The number of rotatable bonds is 7. The van der Waals surface area contributed by atoms with Gasteiger partial charge in [-0.15, -0.1) is 0 Å². The fourth-order valence-corrected chi connectivity index (χ4v) is 2.70. The lowest BCUT2D eigenvalue weighted by Crippen LogP contribution is -2.22. The van der Waals surface area contributed by atoms with Crippen LogP contribution in [-0.4, -0.2) is 38.4 Å². The van der Waals surface area contributed by atoms with E-state index in [9.17, 15) is 22.7 Å². The molecule has 1 aromatic heterocycles. The van der Waals surface area contributed by atoms with Crippen molar-refractivity contribution < 1.29 is 22.7 Å². The fraction of sp³-hybridized carbons (Fsp3) is 0.722. The first-order chi connectivity index (χ1) is 12.6. The van der Waals surface area contributed by atoms with E-state index >= 15 is 0 Å². The monoisotopic (exact) mass is 390 g/mol. The van der Waals surface area contributed by atoms with Gasteiger partial charge in [-0.25, -0.2) is 9.37 Å². The maximum Gasteiger partial charge on any atom is 0.391 e. The SMILES string of the molecule is CC[C@@H](C)Nc1nc(CC[C@H](C)C(F)(F)F)nc(C2=C(F)C(O)CCC2)n1. The summed E-state index contributed by atoms with van der Waals surface area (Å²) in [5.41, 5.74) is 0.202. The molecule has 1 aliphatic rings. The molecule has 0 radical (unpaired) electrons. The zero-order chi connectivity index (χ0) is 20.2. The summed E-state index contributed by atoms with van der Waals surface area (Å²) in [6, 6.07) is 0.0398. The average molecular weight is 390 g/mol. The zero-order valence-corrected chi connectivity index (χ0v) is 15.8. The van der Waals surface area contributed by atoms with Crippen LogP contribution in [0.15, 0.2) is 5.83 Å². The summed E-state index contributed by atoms with van der Waals surface area (Å²) in [4.78, 5) is 12.6. The quantitative estimate of drug-likeness (QED) is 0.674. The second-order valence-electron chi connectivity index (χ2n) is 7.07. The molecule has 0 fully saturated rings. The van der Waals surface area contributed by atoms with E-state index < -0.39 is 24.0 Å². The molecule has 2 rings (SSSR count). The Hall–Kier alpha value is -1.77. The van der Waals surface area contributed by atoms with Gasteiger partial charge in [-0.2, -0.15) is 23.1 Å². The third-order valence-corrected chi connectivity index (χ3v) is 4.78. The topological polar surface area (TPSA) is 70.9 Å². The van der Waals surface area contributed by atoms with Crippen LogP contribution in [0.5, 0.6) is 0 Å². The Balaban J connectivity index is 2.33. The Morgan fingerprint density at radius 3 is 2.56 bits per heavy atom. The Labute approximate surface area is 156 Å². The van der Waals surface area contributed by atoms with Crippen LogP contribution >= 0.6 is 0 Å². The number of aromatic nitrogens is 3. The van der Waals surface area contributed by atoms with E-state index in [1.807, 2.05) is 13.8 Å². The largest absolute Gasteiger partial charge is 0.391 e. The predicted molar refractivity (Wildman–Crippen MR) is 94.6 cm³/mol. The van der Waals surface area contributed by atoms with E-state index in [1.54, 1.807) is 0 Å². The molecule has 0 saturated carbocycles. The smallest absolute Gasteiger partial charge is 0.386 e. The molecule has 27 heavy (non-hydrogen) atoms. The molecule has 3 atom stereocenters. The van der Waals surface area contributed by atoms with Gasteiger partial charge in [0.25, 0.3) is 0 Å². The van der Waals surface area contributed by atoms with E-state index in [0.29, 0.717) is 19.3 Å². The molecule has 1 unspecified atom stereocenters. The van der Waals surface area contributed by atoms with Crippen LogP contribution < -0.4 is 5.32 Å². The van der Waals surface area contributed by atoms with E-state index in [-0.39, 0.29) is 42.1 Å². The highest BCUT2D eigenvalue weighted by Gasteiger charge is 2.35. The summed E-state index contributed by atoms with van der Waals surface area (Å²) in [5, 5.41) is 12.8. The van der Waals surface area contributed by atoms with E-state index in [2.05, 4.69) is 20.3 Å². The normalized spacial score (nSPS) is 20.5. The molecule has 5 nitrogen and oxygen atoms in total. The molecule has 0 aromatic carbocycles. The fourth-order valence-electron chi connectivity index (χ4n) is 2.70. The van der Waals surface area contributed by atoms with Crippen LogP contribution in [0.25, 0.3) is 5.57 Å². The van der Waals surface area contributed by atoms with Crippen LogP contribution in [0.4, 0.5) is 23.5 Å². The number of hydrogen-bond donors (Lipinski definition) is 2. The first-order valence-electron chi connectivity index (χ1n) is 9.27. The molecular formula is C18H26F4N4O. The van der Waals surface area contributed by atoms with Crippen LogP contribution in [0, 0.1) is 5.92 Å². The number of aryl methyl sites for hydroxylation is 1. The maximum absolute atomic E-state index is 14.3. The number of nitrogens with zero attached hydrogens (tertiary/aromatic N) is 3. The molecule has 0 spiro atoms. The van der Waals surface area contributed by atoms with Crippen molar-refractivity contribution in [1.29, 1.82) is 0 Å². The number of halogens is 4. The van der Waals surface area contributed by atoms with Gasteiger partial charge >= 0.3 is 6.18 Å². The maximum atomic E-state index is 14.3. The molecule has 2 N–H and O–H groups in total. The molecule has 1 aromatic rings. The Morgan fingerprint density at radius 1 is 1.22 bits per heavy atom. The lowest BCUT2D eigenvalue weighted by molar-refractivity contribution is -0.171. The summed E-state index contributed by atoms with van der Waals surface area (Å²) in [7, 11) is 0. The zero-order valence-electron chi connectivity index (χ0n) is 15.8. The van der Waals surface area contributed by atoms with E-state index in [0.717, 1.165) is 13.3 Å². The molecule has 0 amide bonds. The van der Waals surface area contributed by atoms with Crippen molar-refractivity contribution in [3.05, 3.63) is 17.5 Å². The molecule has 0 saturated heterocycles. The molecule has 1 aliphatic carbocycles. The number of alkyl halides is 3. The van der Waals surface area contributed by atoms with Crippen molar-refractivity contribution >= 4 is 11.5 Å². The van der Waals surface area contributed by atoms with Gasteiger partial charge < -0.3 is 10.4 Å². The highest BCUT2D eigenvalue weighted by Crippen LogP contribution is 2.33. The summed E-state index contributed by atoms with van der Waals surface area (Å²) in [6.07, 6.45) is -3.56. The highest BCUT2D eigenvalue weighted by atomic mass is 19.4. The molecule has 152 valence electrons. The third-order valence-electron chi connectivity index (χ3n) is 4.78. The molecular weight excluding hydrogens is 364 g/mol. The van der Waals surface area contributed by atoms with Gasteiger partial charge in [-0.05, 0) is 39.0 Å². The lowest BCUT2D eigenvalue weighted by atomic mass is 9.95. The first-order valence-corrected chi connectivity index (χ1v) is 9.27. The minimum Gasteiger partial charge on any atom is -0.386 e. The predicted octanol–water partition coefficient (Wildman–Crippen LogP) is 4.44. The standard InChI is InChI=1S/C18H26F4N4O/c1-4-11(3)23-17-25-14(9-8-10(2)18(20,21)22)24-16(26-17)12-6-5-7-13(27)15(12)19/h10-11,13,27H,4-9H2,1-3H3,(H,23,24,25,26)/t10-,11+,13?/m0/s1. The third kappa shape index (κ3) is 5.85. The average Bonchev–Trinajstić information content (AvgIpc) is 2.60. The molecule has 0 aliphatic heterocycles. The van der Waals surface area contributed by atoms with Gasteiger partial charge in [0.1, 0.15) is 17.8 Å². The van der Waals surface area contributed by atoms with Gasteiger partial charge in [-0.1, -0.05) is 13.8 Å². The number of anilines is 1. The van der Waals surface area contributed by atoms with Crippen molar-refractivity contribution in [2.75, 3.05) is 5.32 Å². The van der Waals surface area contributed by atoms with Gasteiger partial charge in [0.2, 0.25) is 5.95 Å². The van der Waals surface area contributed by atoms with Crippen molar-refractivity contribution in [2.24, 2.45) is 5.92 Å². The highest BCUT2D eigenvalue weighted by molar-refractivity contribution is 5.64. The summed E-state index contributed by atoms with van der Waals surface area (Å²) in [5.74, 6) is -1.68. The van der Waals surface area contributed by atoms with Gasteiger partial charge in [0.05, 0.1) is 5.92 Å². The summed E-state index contributed by atoms with van der Waals surface area (Å²) < 4.78 is 52.6. The Morgan fingerprint density at radius 2 is 1.93 bits per heavy atom. The summed E-state index contributed by atoms with van der Waals surface area (Å²) in [6.45, 7) is 4.99. The molecule has 9 heteroatoms. The van der Waals surface area contributed by atoms with Crippen molar-refractivity contribution in [3.63, 3.8) is 0 Å². The number of nitrogens with one attached hydrogen (secondary N) is 1. The summed E-state index contributed by atoms with van der Waals surface area (Å²) >= 11 is 0. The second-order valence-corrected chi connectivity index (χ2v) is 7.07. The molecule has 1 heterocycles. The van der Waals surface area contributed by atoms with Crippen LogP contribution in [0.1, 0.15) is 64.5 Å². The van der Waals surface area contributed by atoms with E-state index in [1.165, 1.54) is 0 Å².